The number of carbonyl (C=O) groups is 3. The van der Waals surface area contributed by atoms with Gasteiger partial charge in [-0.1, -0.05) is 41.0 Å². The van der Waals surface area contributed by atoms with Crippen molar-refractivity contribution in [3.63, 3.8) is 0 Å². The van der Waals surface area contributed by atoms with Crippen LogP contribution in [-0.4, -0.2) is 86.9 Å². The molecule has 5 rings (SSSR count). The highest BCUT2D eigenvalue weighted by Crippen LogP contribution is 2.49. The van der Waals surface area contributed by atoms with Gasteiger partial charge >= 0.3 is 6.03 Å². The lowest BCUT2D eigenvalue weighted by molar-refractivity contribution is -0.129. The van der Waals surface area contributed by atoms with E-state index in [2.05, 4.69) is 17.2 Å². The largest absolute Gasteiger partial charge is 0.476 e. The fraction of sp³-hybridized carbons (Fsp3) is 0.727. The van der Waals surface area contributed by atoms with Crippen molar-refractivity contribution in [3.05, 3.63) is 17.1 Å². The molecule has 3 atom stereocenters. The highest BCUT2D eigenvalue weighted by Gasteiger charge is 2.57. The van der Waals surface area contributed by atoms with Crippen LogP contribution in [0.1, 0.15) is 103 Å². The number of nitrogens with two attached hydrogens (primary N) is 1. The number of hydrogen-bond donors (Lipinski definition) is 3. The lowest BCUT2D eigenvalue weighted by atomic mass is 9.64. The zero-order valence-corrected chi connectivity index (χ0v) is 28.8. The number of amides is 2. The number of carbonyl (C=O) groups excluding carboxylic acids is 3. The van der Waals surface area contributed by atoms with Crippen molar-refractivity contribution in [1.29, 1.82) is 0 Å². The van der Waals surface area contributed by atoms with Gasteiger partial charge in [-0.25, -0.2) is 4.79 Å². The molecule has 0 radical (unpaired) electrons. The predicted octanol–water partition coefficient (Wildman–Crippen LogP) is 4.73. The Hall–Kier alpha value is -2.93. The number of hydrogen-bond acceptors (Lipinski definition) is 10. The van der Waals surface area contributed by atoms with Crippen LogP contribution >= 0.6 is 0 Å². The maximum absolute atomic E-state index is 14.0. The van der Waals surface area contributed by atoms with Crippen LogP contribution in [0.3, 0.4) is 0 Å². The Bertz CT molecular complexity index is 1200. The fourth-order valence-corrected chi connectivity index (χ4v) is 6.58. The maximum atomic E-state index is 14.0. The molecule has 3 unspecified atom stereocenters. The molecule has 2 aliphatic heterocycles. The molecular formula is C33H57N6O6+. The Morgan fingerprint density at radius 1 is 1.13 bits per heavy atom. The summed E-state index contributed by atoms with van der Waals surface area (Å²) in [5.74, 6) is 0.595. The monoisotopic (exact) mass is 633 g/mol. The fourth-order valence-electron chi connectivity index (χ4n) is 6.58. The summed E-state index contributed by atoms with van der Waals surface area (Å²) in [4.78, 5) is 51.3. The molecule has 2 amide bonds. The van der Waals surface area contributed by atoms with Gasteiger partial charge in [0, 0.05) is 31.8 Å². The summed E-state index contributed by atoms with van der Waals surface area (Å²) in [6, 6.07) is -0.184. The number of nitrogens with one attached hydrogen (secondary N) is 1. The number of aliphatic hydroxyl groups excluding tert-OH is 1. The van der Waals surface area contributed by atoms with Crippen LogP contribution in [0.25, 0.3) is 0 Å². The lowest BCUT2D eigenvalue weighted by Crippen LogP contribution is -2.53. The first-order valence-electron chi connectivity index (χ1n) is 16.7. The number of rotatable bonds is 9. The van der Waals surface area contributed by atoms with Crippen molar-refractivity contribution in [2.45, 2.75) is 92.4 Å². The van der Waals surface area contributed by atoms with Gasteiger partial charge in [0.15, 0.2) is 12.4 Å². The van der Waals surface area contributed by atoms with Crippen molar-refractivity contribution in [1.82, 2.24) is 19.8 Å². The number of aromatic nitrogens is 2. The minimum atomic E-state index is -0.757. The van der Waals surface area contributed by atoms with Gasteiger partial charge in [0.2, 0.25) is 17.5 Å². The average Bonchev–Trinajstić information content (AvgIpc) is 3.66. The van der Waals surface area contributed by atoms with Crippen LogP contribution in [0.2, 0.25) is 0 Å². The molecule has 1 aromatic rings. The first-order chi connectivity index (χ1) is 21.7. The van der Waals surface area contributed by atoms with Crippen molar-refractivity contribution < 1.29 is 29.0 Å². The van der Waals surface area contributed by atoms with E-state index in [1.807, 2.05) is 34.7 Å². The van der Waals surface area contributed by atoms with Gasteiger partial charge in [0.1, 0.15) is 18.9 Å². The zero-order chi connectivity index (χ0) is 33.8. The number of aliphatic hydroxyl groups is 1. The molecule has 12 heteroatoms. The van der Waals surface area contributed by atoms with Crippen molar-refractivity contribution in [2.75, 3.05) is 59.1 Å². The number of anilines is 1. The van der Waals surface area contributed by atoms with E-state index in [9.17, 15) is 14.4 Å². The van der Waals surface area contributed by atoms with Crippen molar-refractivity contribution >= 4 is 29.1 Å². The maximum Gasteiger partial charge on any atom is 0.432 e. The lowest BCUT2D eigenvalue weighted by Gasteiger charge is -2.40. The van der Waals surface area contributed by atoms with Gasteiger partial charge in [-0.05, 0) is 64.5 Å². The molecule has 254 valence electrons. The second-order valence-electron chi connectivity index (χ2n) is 11.5. The average molecular weight is 634 g/mol. The quantitative estimate of drug-likeness (QED) is 0.197. The van der Waals surface area contributed by atoms with Crippen LogP contribution in [0, 0.1) is 11.3 Å². The highest BCUT2D eigenvalue weighted by molar-refractivity contribution is 6.12. The van der Waals surface area contributed by atoms with Crippen LogP contribution in [0.5, 0.6) is 5.88 Å². The number of ether oxygens (including phenoxy) is 2. The minimum absolute atomic E-state index is 0.0441. The molecule has 1 saturated carbocycles. The van der Waals surface area contributed by atoms with Crippen LogP contribution in [0.4, 0.5) is 16.3 Å². The summed E-state index contributed by atoms with van der Waals surface area (Å²) >= 11 is 0. The smallest absolute Gasteiger partial charge is 0.432 e. The van der Waals surface area contributed by atoms with E-state index in [1.54, 1.807) is 7.05 Å². The second-order valence-corrected chi connectivity index (χ2v) is 11.5. The third kappa shape index (κ3) is 7.56. The number of quaternary nitrogens is 1. The third-order valence-electron chi connectivity index (χ3n) is 8.92. The Balaban J connectivity index is 0.00000111. The van der Waals surface area contributed by atoms with Gasteiger partial charge in [-0.3, -0.25) is 14.5 Å². The molecule has 2 aliphatic carbocycles. The highest BCUT2D eigenvalue weighted by atomic mass is 16.5. The molecule has 4 aliphatic rings. The molecule has 12 nitrogen and oxygen atoms in total. The Morgan fingerprint density at radius 3 is 2.44 bits per heavy atom. The zero-order valence-electron chi connectivity index (χ0n) is 28.8. The number of fused-ring (bicyclic) bond motifs is 2. The van der Waals surface area contributed by atoms with Crippen molar-refractivity contribution in [2.24, 2.45) is 17.1 Å². The molecular weight excluding hydrogens is 576 g/mol. The van der Waals surface area contributed by atoms with E-state index >= 15 is 0 Å². The molecule has 0 aromatic carbocycles. The van der Waals surface area contributed by atoms with Crippen LogP contribution < -0.4 is 25.2 Å². The Labute approximate surface area is 269 Å². The normalized spacial score (nSPS) is 24.2. The summed E-state index contributed by atoms with van der Waals surface area (Å²) in [6.07, 6.45) is 6.79. The van der Waals surface area contributed by atoms with Crippen LogP contribution in [-0.2, 0) is 9.53 Å². The molecule has 1 saturated heterocycles. The van der Waals surface area contributed by atoms with Crippen LogP contribution in [0.15, 0.2) is 11.3 Å². The first-order valence-corrected chi connectivity index (χ1v) is 16.7. The molecule has 4 N–H and O–H groups in total. The summed E-state index contributed by atoms with van der Waals surface area (Å²) in [7, 11) is 4.61. The molecule has 0 bridgehead atoms. The molecule has 2 fully saturated rings. The Kier molecular flexibility index (Phi) is 15.0. The van der Waals surface area contributed by atoms with E-state index in [1.165, 1.54) is 4.90 Å². The molecule has 3 heterocycles. The number of urea groups is 1. The summed E-state index contributed by atoms with van der Waals surface area (Å²) in [5, 5.41) is 10.2. The summed E-state index contributed by atoms with van der Waals surface area (Å²) < 4.78 is 11.7. The number of ketones is 2. The van der Waals surface area contributed by atoms with Gasteiger partial charge in [0.25, 0.3) is 5.82 Å². The SMILES string of the molecule is CC.CC.CNCCCC(C)COc1nc(C(=O)C2=C(N)C3(CCCCC3=O)CCC2)nc2c1N(C)C(=O)[N+]21CCOC1.CO. The topological polar surface area (TPSA) is 157 Å². The molecule has 2 spiro atoms. The number of allylic oxidation sites excluding steroid dienone is 2. The summed E-state index contributed by atoms with van der Waals surface area (Å²) in [5.41, 5.74) is 7.17. The third-order valence-corrected chi connectivity index (χ3v) is 8.92. The standard InChI is InChI=1S/C28H40N6O5.2C2H6.CH4O/c1-18(8-7-13-30-2)16-39-26-21-25(34(14-15-38-17-34)27(37)33(21)3)31-24(32-26)22(36)19-9-6-12-28(23(19)29)11-5-4-10-20(28)35;3*1-2/h18,30H,4-17H2,1-3H3,(H-,29,36);2*1-2H3;2H,1H3/p+1. The molecule has 1 aromatic heterocycles. The first kappa shape index (κ1) is 38.3. The van der Waals surface area contributed by atoms with E-state index in [0.29, 0.717) is 74.6 Å². The van der Waals surface area contributed by atoms with Gasteiger partial charge < -0.3 is 25.6 Å². The van der Waals surface area contributed by atoms with E-state index < -0.39 is 5.41 Å². The van der Waals surface area contributed by atoms with E-state index in [4.69, 9.17) is 25.3 Å². The molecule has 45 heavy (non-hydrogen) atoms. The second kappa shape index (κ2) is 17.7. The van der Waals surface area contributed by atoms with Gasteiger partial charge in [-0.15, -0.1) is 0 Å². The summed E-state index contributed by atoms with van der Waals surface area (Å²) in [6.45, 7) is 12.4. The van der Waals surface area contributed by atoms with Gasteiger partial charge in [-0.2, -0.15) is 14.5 Å². The predicted molar refractivity (Wildman–Crippen MR) is 177 cm³/mol. The Morgan fingerprint density at radius 2 is 1.82 bits per heavy atom. The van der Waals surface area contributed by atoms with E-state index in [-0.39, 0.29) is 46.4 Å². The number of Topliss-reactive ketones (excluding diaryl/α,β-unsaturated/α-hetero) is 2. The number of nitrogens with zero attached hydrogens (tertiary/aromatic N) is 4. The van der Waals surface area contributed by atoms with E-state index in [0.717, 1.165) is 39.3 Å². The van der Waals surface area contributed by atoms with Crippen molar-refractivity contribution in [3.8, 4) is 5.88 Å². The van der Waals surface area contributed by atoms with Gasteiger partial charge in [0.05, 0.1) is 12.0 Å². The minimum Gasteiger partial charge on any atom is -0.476 e.